The normalized spacial score (nSPS) is 11.1. The van der Waals surface area contributed by atoms with E-state index in [0.717, 1.165) is 6.42 Å². The van der Waals surface area contributed by atoms with Crippen LogP contribution in [-0.4, -0.2) is 31.8 Å². The Labute approximate surface area is 85.4 Å². The molecule has 0 unspecified atom stereocenters. The first kappa shape index (κ1) is 13.1. The van der Waals surface area contributed by atoms with Crippen LogP contribution in [0.4, 0.5) is 0 Å². The maximum atomic E-state index is 11.6. The fourth-order valence-electron chi connectivity index (χ4n) is 0.838. The van der Waals surface area contributed by atoms with E-state index in [1.807, 2.05) is 20.8 Å². The number of likely N-dealkylation sites (N-methyl/N-ethyl adjacent to an activating group) is 1. The Morgan fingerprint density at radius 2 is 1.79 bits per heavy atom. The van der Waals surface area contributed by atoms with Gasteiger partial charge >= 0.3 is 0 Å². The largest absolute Gasteiger partial charge is 0.348 e. The molecule has 82 valence electrons. The highest BCUT2D eigenvalue weighted by molar-refractivity contribution is 5.90. The molecule has 14 heavy (non-hydrogen) atoms. The monoisotopic (exact) mass is 200 g/mol. The summed E-state index contributed by atoms with van der Waals surface area (Å²) in [5.41, 5.74) is -0.340. The Hall–Kier alpha value is -0.900. The number of hydrogen-bond donors (Lipinski definition) is 2. The summed E-state index contributed by atoms with van der Waals surface area (Å²) < 4.78 is 0. The van der Waals surface area contributed by atoms with Crippen molar-refractivity contribution in [2.45, 2.75) is 27.2 Å². The molecule has 1 amide bonds. The Kier molecular flexibility index (Phi) is 5.38. The van der Waals surface area contributed by atoms with Gasteiger partial charge in [-0.3, -0.25) is 9.59 Å². The van der Waals surface area contributed by atoms with Gasteiger partial charge in [-0.2, -0.15) is 0 Å². The topological polar surface area (TPSA) is 58.2 Å². The second-order valence-electron chi connectivity index (χ2n) is 3.97. The minimum absolute atomic E-state index is 0.0736. The van der Waals surface area contributed by atoms with E-state index in [1.54, 1.807) is 7.05 Å². The van der Waals surface area contributed by atoms with Crippen molar-refractivity contribution in [3.8, 4) is 0 Å². The molecule has 4 nitrogen and oxygen atoms in total. The van der Waals surface area contributed by atoms with Gasteiger partial charge in [0.25, 0.3) is 0 Å². The van der Waals surface area contributed by atoms with Crippen molar-refractivity contribution in [2.75, 3.05) is 20.1 Å². The van der Waals surface area contributed by atoms with Crippen molar-refractivity contribution < 1.29 is 9.59 Å². The number of rotatable bonds is 6. The van der Waals surface area contributed by atoms with Crippen LogP contribution in [0.3, 0.4) is 0 Å². The molecule has 0 radical (unpaired) electrons. The van der Waals surface area contributed by atoms with Gasteiger partial charge in [0.1, 0.15) is 0 Å². The van der Waals surface area contributed by atoms with Crippen molar-refractivity contribution in [2.24, 2.45) is 5.41 Å². The molecule has 0 aromatic carbocycles. The van der Waals surface area contributed by atoms with Crippen molar-refractivity contribution in [3.05, 3.63) is 0 Å². The minimum Gasteiger partial charge on any atom is -0.348 e. The summed E-state index contributed by atoms with van der Waals surface area (Å²) in [5.74, 6) is -0.0720. The number of nitrogens with one attached hydrogen (secondary N) is 2. The summed E-state index contributed by atoms with van der Waals surface area (Å²) in [4.78, 5) is 22.6. The van der Waals surface area contributed by atoms with Crippen molar-refractivity contribution in [1.29, 1.82) is 0 Å². The molecule has 0 aliphatic rings. The number of carbonyl (C=O) groups excluding carboxylic acids is 2. The molecule has 0 aromatic heterocycles. The second kappa shape index (κ2) is 5.75. The fourth-order valence-corrected chi connectivity index (χ4v) is 0.838. The molecule has 0 rings (SSSR count). The maximum absolute atomic E-state index is 11.6. The highest BCUT2D eigenvalue weighted by Gasteiger charge is 2.24. The Balaban J connectivity index is 3.91. The first-order valence-corrected chi connectivity index (χ1v) is 4.88. The van der Waals surface area contributed by atoms with Gasteiger partial charge < -0.3 is 10.6 Å². The summed E-state index contributed by atoms with van der Waals surface area (Å²) in [7, 11) is 1.69. The number of hydrogen-bond acceptors (Lipinski definition) is 3. The lowest BCUT2D eigenvalue weighted by Crippen LogP contribution is -2.39. The number of amides is 1. The highest BCUT2D eigenvalue weighted by atomic mass is 16.2. The van der Waals surface area contributed by atoms with Crippen LogP contribution in [0, 0.1) is 5.41 Å². The van der Waals surface area contributed by atoms with Crippen LogP contribution in [0.15, 0.2) is 0 Å². The van der Waals surface area contributed by atoms with Crippen molar-refractivity contribution in [3.63, 3.8) is 0 Å². The van der Waals surface area contributed by atoms with E-state index >= 15 is 0 Å². The zero-order chi connectivity index (χ0) is 11.2. The van der Waals surface area contributed by atoms with Gasteiger partial charge in [0.15, 0.2) is 5.78 Å². The quantitative estimate of drug-likeness (QED) is 0.649. The third-order valence-corrected chi connectivity index (χ3v) is 2.42. The molecule has 0 fully saturated rings. The van der Waals surface area contributed by atoms with E-state index < -0.39 is 0 Å². The Morgan fingerprint density at radius 1 is 1.21 bits per heavy atom. The predicted octanol–water partition coefficient (Wildman–Crippen LogP) is 0.327. The van der Waals surface area contributed by atoms with Gasteiger partial charge in [-0.05, 0) is 13.5 Å². The smallest absolute Gasteiger partial charge is 0.234 e. The number of Topliss-reactive ketones (excluding diaryl/α,β-unsaturated/α-hetero) is 1. The Morgan fingerprint density at radius 3 is 2.21 bits per heavy atom. The summed E-state index contributed by atoms with van der Waals surface area (Å²) in [5, 5.41) is 5.29. The van der Waals surface area contributed by atoms with Crippen molar-refractivity contribution >= 4 is 11.7 Å². The zero-order valence-electron chi connectivity index (χ0n) is 9.44. The summed E-state index contributed by atoms with van der Waals surface area (Å²) in [6.45, 7) is 6.12. The standard InChI is InChI=1S/C10H20N2O2/c1-5-10(2,3)8(13)6-12-9(14)7-11-4/h11H,5-7H2,1-4H3,(H,12,14). The lowest BCUT2D eigenvalue weighted by Gasteiger charge is -2.20. The number of carbonyl (C=O) groups is 2. The third-order valence-electron chi connectivity index (χ3n) is 2.42. The lowest BCUT2D eigenvalue weighted by atomic mass is 9.85. The molecule has 2 N–H and O–H groups in total. The van der Waals surface area contributed by atoms with Gasteiger partial charge in [-0.1, -0.05) is 20.8 Å². The Bertz CT molecular complexity index is 212. The summed E-state index contributed by atoms with van der Waals surface area (Å²) in [6, 6.07) is 0. The maximum Gasteiger partial charge on any atom is 0.234 e. The van der Waals surface area contributed by atoms with Gasteiger partial charge in [-0.25, -0.2) is 0 Å². The van der Waals surface area contributed by atoms with Crippen LogP contribution in [0.2, 0.25) is 0 Å². The average Bonchev–Trinajstić information content (AvgIpc) is 2.14. The van der Waals surface area contributed by atoms with Crippen LogP contribution >= 0.6 is 0 Å². The molecule has 4 heteroatoms. The van der Waals surface area contributed by atoms with Crippen LogP contribution in [0.25, 0.3) is 0 Å². The molecule has 0 atom stereocenters. The van der Waals surface area contributed by atoms with Gasteiger partial charge in [0.05, 0.1) is 13.1 Å². The number of ketones is 1. The first-order valence-electron chi connectivity index (χ1n) is 4.88. The van der Waals surface area contributed by atoms with Gasteiger partial charge in [0, 0.05) is 5.41 Å². The molecule has 0 aliphatic carbocycles. The molecule has 0 bridgehead atoms. The zero-order valence-corrected chi connectivity index (χ0v) is 9.44. The van der Waals surface area contributed by atoms with Crippen LogP contribution in [0.1, 0.15) is 27.2 Å². The fraction of sp³-hybridized carbons (Fsp3) is 0.800. The van der Waals surface area contributed by atoms with E-state index in [0.29, 0.717) is 0 Å². The lowest BCUT2D eigenvalue weighted by molar-refractivity contribution is -0.129. The van der Waals surface area contributed by atoms with Crippen LogP contribution in [0.5, 0.6) is 0 Å². The van der Waals surface area contributed by atoms with E-state index in [-0.39, 0.29) is 30.2 Å². The third kappa shape index (κ3) is 4.37. The predicted molar refractivity (Wildman–Crippen MR) is 56.0 cm³/mol. The average molecular weight is 200 g/mol. The molecule has 0 aliphatic heterocycles. The van der Waals surface area contributed by atoms with Gasteiger partial charge in [0.2, 0.25) is 5.91 Å². The first-order chi connectivity index (χ1) is 6.44. The minimum atomic E-state index is -0.340. The molecule has 0 heterocycles. The molecular formula is C10H20N2O2. The van der Waals surface area contributed by atoms with E-state index in [4.69, 9.17) is 0 Å². The van der Waals surface area contributed by atoms with Crippen LogP contribution in [-0.2, 0) is 9.59 Å². The van der Waals surface area contributed by atoms with E-state index in [1.165, 1.54) is 0 Å². The summed E-state index contributed by atoms with van der Waals surface area (Å²) >= 11 is 0. The SMILES string of the molecule is CCC(C)(C)C(=O)CNC(=O)CNC. The molecule has 0 spiro atoms. The molecule has 0 saturated heterocycles. The molecule has 0 saturated carbocycles. The van der Waals surface area contributed by atoms with Gasteiger partial charge in [-0.15, -0.1) is 0 Å². The second-order valence-corrected chi connectivity index (χ2v) is 3.97. The van der Waals surface area contributed by atoms with E-state index in [2.05, 4.69) is 10.6 Å². The van der Waals surface area contributed by atoms with E-state index in [9.17, 15) is 9.59 Å². The summed E-state index contributed by atoms with van der Waals surface area (Å²) in [6.07, 6.45) is 0.785. The molecule has 0 aromatic rings. The highest BCUT2D eigenvalue weighted by Crippen LogP contribution is 2.20. The molecular weight excluding hydrogens is 180 g/mol. The van der Waals surface area contributed by atoms with Crippen molar-refractivity contribution in [1.82, 2.24) is 10.6 Å². The van der Waals surface area contributed by atoms with Crippen LogP contribution < -0.4 is 10.6 Å².